The lowest BCUT2D eigenvalue weighted by atomic mass is 10.1. The molecule has 2 aliphatic rings. The highest BCUT2D eigenvalue weighted by Crippen LogP contribution is 2.29. The van der Waals surface area contributed by atoms with E-state index in [1.807, 2.05) is 19.1 Å². The van der Waals surface area contributed by atoms with Crippen LogP contribution in [0.4, 0.5) is 11.4 Å². The first-order chi connectivity index (χ1) is 15.7. The number of nitrogens with one attached hydrogen (secondary N) is 2. The Labute approximate surface area is 198 Å². The Morgan fingerprint density at radius 3 is 2.64 bits per heavy atom. The summed E-state index contributed by atoms with van der Waals surface area (Å²) in [5.41, 5.74) is 2.03. The summed E-state index contributed by atoms with van der Waals surface area (Å²) in [6, 6.07) is 11.3. The van der Waals surface area contributed by atoms with Crippen LogP contribution in [0.3, 0.4) is 0 Å². The molecule has 2 saturated heterocycles. The highest BCUT2D eigenvalue weighted by Gasteiger charge is 2.35. The lowest BCUT2D eigenvalue weighted by molar-refractivity contribution is -0.122. The number of rotatable bonds is 7. The van der Waals surface area contributed by atoms with Crippen LogP contribution in [0.2, 0.25) is 5.02 Å². The number of ether oxygens (including phenoxy) is 1. The molecule has 176 valence electrons. The normalized spacial score (nSPS) is 20.9. The molecule has 2 atom stereocenters. The molecule has 0 aliphatic carbocycles. The van der Waals surface area contributed by atoms with E-state index in [1.54, 1.807) is 11.0 Å². The average molecular weight is 492 g/mol. The van der Waals surface area contributed by atoms with E-state index in [1.165, 1.54) is 24.3 Å². The fraction of sp³-hybridized carbons (Fsp3) is 0.391. The van der Waals surface area contributed by atoms with Crippen LogP contribution in [-0.2, 0) is 24.3 Å². The first-order valence-electron chi connectivity index (χ1n) is 10.8. The van der Waals surface area contributed by atoms with Crippen LogP contribution in [0.5, 0.6) is 0 Å². The van der Waals surface area contributed by atoms with Gasteiger partial charge in [-0.2, -0.15) is 0 Å². The second-order valence-corrected chi connectivity index (χ2v) is 10.5. The SMILES string of the molecule is Cc1ccc(N2C[C@@H](C(=O)Nc3ccc(S(=O)(=O)NC[C@H]4CCCO4)cc3)CC2=O)cc1Cl. The molecule has 10 heteroatoms. The van der Waals surface area contributed by atoms with E-state index in [9.17, 15) is 18.0 Å². The minimum Gasteiger partial charge on any atom is -0.377 e. The molecular formula is C23H26ClN3O5S. The van der Waals surface area contributed by atoms with Gasteiger partial charge in [0.25, 0.3) is 0 Å². The molecule has 33 heavy (non-hydrogen) atoms. The standard InChI is InChI=1S/C23H26ClN3O5S/c1-15-4-7-18(12-21(15)24)27-14-16(11-22(27)28)23(29)26-17-5-8-20(9-6-17)33(30,31)25-13-19-3-2-10-32-19/h4-9,12,16,19,25H,2-3,10-11,13-14H2,1H3,(H,26,29)/t16-,19+/m0/s1. The summed E-state index contributed by atoms with van der Waals surface area (Å²) >= 11 is 6.17. The van der Waals surface area contributed by atoms with Gasteiger partial charge >= 0.3 is 0 Å². The molecule has 2 aromatic carbocycles. The third-order valence-electron chi connectivity index (χ3n) is 5.92. The molecule has 0 radical (unpaired) electrons. The zero-order chi connectivity index (χ0) is 23.6. The van der Waals surface area contributed by atoms with Gasteiger partial charge < -0.3 is 15.0 Å². The molecule has 8 nitrogen and oxygen atoms in total. The third-order valence-corrected chi connectivity index (χ3v) is 7.77. The van der Waals surface area contributed by atoms with E-state index in [-0.39, 0.29) is 42.3 Å². The van der Waals surface area contributed by atoms with Crippen LogP contribution in [0, 0.1) is 12.8 Å². The van der Waals surface area contributed by atoms with Crippen LogP contribution in [0.15, 0.2) is 47.4 Å². The molecule has 0 saturated carbocycles. The number of anilines is 2. The first kappa shape index (κ1) is 23.7. The second kappa shape index (κ2) is 9.80. The molecule has 0 bridgehead atoms. The topological polar surface area (TPSA) is 105 Å². The van der Waals surface area contributed by atoms with Gasteiger partial charge in [-0.1, -0.05) is 17.7 Å². The van der Waals surface area contributed by atoms with E-state index in [0.717, 1.165) is 18.4 Å². The van der Waals surface area contributed by atoms with Gasteiger partial charge in [-0.25, -0.2) is 13.1 Å². The molecule has 2 heterocycles. The van der Waals surface area contributed by atoms with Gasteiger partial charge in [0.05, 0.1) is 16.9 Å². The van der Waals surface area contributed by atoms with Crippen LogP contribution in [-0.4, -0.2) is 46.0 Å². The van der Waals surface area contributed by atoms with Crippen molar-refractivity contribution in [3.8, 4) is 0 Å². The lowest BCUT2D eigenvalue weighted by Gasteiger charge is -2.17. The molecule has 0 spiro atoms. The number of hydrogen-bond acceptors (Lipinski definition) is 5. The maximum atomic E-state index is 12.7. The maximum absolute atomic E-state index is 12.7. The highest BCUT2D eigenvalue weighted by molar-refractivity contribution is 7.89. The summed E-state index contributed by atoms with van der Waals surface area (Å²) in [6.45, 7) is 3.03. The molecule has 2 fully saturated rings. The van der Waals surface area contributed by atoms with E-state index in [2.05, 4.69) is 10.0 Å². The third kappa shape index (κ3) is 5.55. The van der Waals surface area contributed by atoms with Crippen molar-refractivity contribution in [2.75, 3.05) is 29.9 Å². The molecular weight excluding hydrogens is 466 g/mol. The average Bonchev–Trinajstić information content (AvgIpc) is 3.44. The van der Waals surface area contributed by atoms with Crippen LogP contribution in [0.1, 0.15) is 24.8 Å². The van der Waals surface area contributed by atoms with E-state index >= 15 is 0 Å². The van der Waals surface area contributed by atoms with Crippen LogP contribution in [0.25, 0.3) is 0 Å². The van der Waals surface area contributed by atoms with Crippen molar-refractivity contribution in [2.45, 2.75) is 37.2 Å². The molecule has 2 aliphatic heterocycles. The second-order valence-electron chi connectivity index (χ2n) is 8.34. The van der Waals surface area contributed by atoms with Gasteiger partial charge in [0.2, 0.25) is 21.8 Å². The van der Waals surface area contributed by atoms with Crippen molar-refractivity contribution in [3.63, 3.8) is 0 Å². The molecule has 4 rings (SSSR count). The smallest absolute Gasteiger partial charge is 0.240 e. The fourth-order valence-corrected chi connectivity index (χ4v) is 5.18. The van der Waals surface area contributed by atoms with Gasteiger partial charge in [0.1, 0.15) is 0 Å². The molecule has 0 aromatic heterocycles. The first-order valence-corrected chi connectivity index (χ1v) is 12.7. The van der Waals surface area contributed by atoms with Gasteiger partial charge in [0.15, 0.2) is 0 Å². The minimum absolute atomic E-state index is 0.0942. The number of nitrogens with zero attached hydrogens (tertiary/aromatic N) is 1. The van der Waals surface area contributed by atoms with Crippen LogP contribution < -0.4 is 14.9 Å². The van der Waals surface area contributed by atoms with Gasteiger partial charge in [-0.15, -0.1) is 0 Å². The lowest BCUT2D eigenvalue weighted by Crippen LogP contribution is -2.31. The van der Waals surface area contributed by atoms with Crippen molar-refractivity contribution in [1.29, 1.82) is 0 Å². The maximum Gasteiger partial charge on any atom is 0.240 e. The number of sulfonamides is 1. The Balaban J connectivity index is 1.35. The molecule has 2 amide bonds. The summed E-state index contributed by atoms with van der Waals surface area (Å²) < 4.78 is 33.0. The van der Waals surface area contributed by atoms with Gasteiger partial charge in [0, 0.05) is 42.5 Å². The zero-order valence-corrected chi connectivity index (χ0v) is 19.8. The Morgan fingerprint density at radius 1 is 1.21 bits per heavy atom. The minimum atomic E-state index is -3.67. The van der Waals surface area contributed by atoms with Gasteiger partial charge in [-0.3, -0.25) is 9.59 Å². The van der Waals surface area contributed by atoms with E-state index in [4.69, 9.17) is 16.3 Å². The summed E-state index contributed by atoms with van der Waals surface area (Å²) in [5, 5.41) is 3.34. The molecule has 2 N–H and O–H groups in total. The highest BCUT2D eigenvalue weighted by atomic mass is 35.5. The predicted octanol–water partition coefficient (Wildman–Crippen LogP) is 3.10. The Bertz CT molecular complexity index is 1150. The Kier molecular flexibility index (Phi) is 7.04. The Morgan fingerprint density at radius 2 is 1.97 bits per heavy atom. The van der Waals surface area contributed by atoms with Crippen molar-refractivity contribution in [2.24, 2.45) is 5.92 Å². The van der Waals surface area contributed by atoms with Crippen molar-refractivity contribution < 1.29 is 22.7 Å². The monoisotopic (exact) mass is 491 g/mol. The zero-order valence-electron chi connectivity index (χ0n) is 18.2. The number of carbonyl (C=O) groups is 2. The number of amides is 2. The molecule has 0 unspecified atom stereocenters. The van der Waals surface area contributed by atoms with E-state index in [0.29, 0.717) is 23.0 Å². The quantitative estimate of drug-likeness (QED) is 0.619. The predicted molar refractivity (Wildman–Crippen MR) is 126 cm³/mol. The number of aryl methyl sites for hydroxylation is 1. The van der Waals surface area contributed by atoms with Crippen molar-refractivity contribution in [3.05, 3.63) is 53.1 Å². The summed E-state index contributed by atoms with van der Waals surface area (Å²) in [4.78, 5) is 26.9. The largest absolute Gasteiger partial charge is 0.377 e. The molecule has 2 aromatic rings. The number of halogens is 1. The fourth-order valence-electron chi connectivity index (χ4n) is 3.94. The number of hydrogen-bond donors (Lipinski definition) is 2. The van der Waals surface area contributed by atoms with E-state index < -0.39 is 15.9 Å². The van der Waals surface area contributed by atoms with Crippen LogP contribution >= 0.6 is 11.6 Å². The number of benzene rings is 2. The summed E-state index contributed by atoms with van der Waals surface area (Å²) in [5.74, 6) is -0.959. The Hall–Kier alpha value is -2.46. The number of carbonyl (C=O) groups excluding carboxylic acids is 2. The van der Waals surface area contributed by atoms with Gasteiger partial charge in [-0.05, 0) is 61.7 Å². The summed E-state index contributed by atoms with van der Waals surface area (Å²) in [7, 11) is -3.67. The summed E-state index contributed by atoms with van der Waals surface area (Å²) in [6.07, 6.45) is 1.77. The van der Waals surface area contributed by atoms with Crippen molar-refractivity contribution in [1.82, 2.24) is 4.72 Å². The van der Waals surface area contributed by atoms with Crippen molar-refractivity contribution >= 4 is 44.8 Å².